The predicted molar refractivity (Wildman–Crippen MR) is 123 cm³/mol. The third kappa shape index (κ3) is 7.25. The number of carbonyl (C=O) groups excluding carboxylic acids is 2. The third-order valence-corrected chi connectivity index (χ3v) is 5.68. The van der Waals surface area contributed by atoms with Crippen molar-refractivity contribution in [2.75, 3.05) is 26.3 Å². The van der Waals surface area contributed by atoms with Gasteiger partial charge in [0.15, 0.2) is 6.61 Å². The van der Waals surface area contributed by atoms with Crippen molar-refractivity contribution in [3.05, 3.63) is 53.6 Å². The molecule has 1 aromatic rings. The van der Waals surface area contributed by atoms with E-state index in [0.717, 1.165) is 38.8 Å². The molecule has 0 spiro atoms. The quantitative estimate of drug-likeness (QED) is 0.436. The van der Waals surface area contributed by atoms with Gasteiger partial charge in [0.1, 0.15) is 5.75 Å². The zero-order valence-corrected chi connectivity index (χ0v) is 18.7. The molecule has 1 N–H and O–H groups in total. The fourth-order valence-corrected chi connectivity index (χ4v) is 3.71. The van der Waals surface area contributed by atoms with Crippen LogP contribution in [0, 0.1) is 5.92 Å². The summed E-state index contributed by atoms with van der Waals surface area (Å²) in [5.41, 5.74) is 1.53. The molecule has 3 rings (SSSR count). The fourth-order valence-electron chi connectivity index (χ4n) is 3.71. The van der Waals surface area contributed by atoms with E-state index in [1.807, 2.05) is 23.1 Å². The number of likely N-dealkylation sites (tertiary alicyclic amines) is 1. The van der Waals surface area contributed by atoms with Crippen LogP contribution in [0.4, 0.5) is 0 Å². The van der Waals surface area contributed by atoms with Gasteiger partial charge in [0.2, 0.25) is 0 Å². The van der Waals surface area contributed by atoms with Crippen LogP contribution in [0.1, 0.15) is 54.9 Å². The summed E-state index contributed by atoms with van der Waals surface area (Å²) in [6.45, 7) is 3.88. The van der Waals surface area contributed by atoms with Crippen molar-refractivity contribution >= 4 is 17.6 Å². The summed E-state index contributed by atoms with van der Waals surface area (Å²) in [4.78, 5) is 32.2. The van der Waals surface area contributed by atoms with Gasteiger partial charge in [0.25, 0.3) is 5.91 Å². The van der Waals surface area contributed by atoms with Gasteiger partial charge in [-0.3, -0.25) is 4.79 Å². The second-order valence-electron chi connectivity index (χ2n) is 8.31. The monoisotopic (exact) mass is 440 g/mol. The number of phenols is 1. The van der Waals surface area contributed by atoms with E-state index in [0.29, 0.717) is 35.8 Å². The van der Waals surface area contributed by atoms with E-state index in [1.165, 1.54) is 12.1 Å². The summed E-state index contributed by atoms with van der Waals surface area (Å²) in [5, 5.41) is 14.1. The standard InChI is InChI=1S/C25H32N2O5/c1-19-11-13-27(14-12-19)24(29)18-32-26-21-8-6-4-2-3-5-7-15-31-25(30)23-10-9-22(28)17-20(23)16-21/h3,5-6,8-10,17,19,28H,2,4,7,11-16,18H2,1H3/b5-3+,8-6+,26-21-. The van der Waals surface area contributed by atoms with E-state index < -0.39 is 5.97 Å². The summed E-state index contributed by atoms with van der Waals surface area (Å²) >= 11 is 0. The zero-order chi connectivity index (χ0) is 22.8. The van der Waals surface area contributed by atoms with Crippen LogP contribution in [0.25, 0.3) is 0 Å². The van der Waals surface area contributed by atoms with Crippen LogP contribution in [0.2, 0.25) is 0 Å². The lowest BCUT2D eigenvalue weighted by molar-refractivity contribution is -0.137. The van der Waals surface area contributed by atoms with Gasteiger partial charge in [-0.25, -0.2) is 4.79 Å². The molecule has 0 atom stereocenters. The molecule has 172 valence electrons. The lowest BCUT2D eigenvalue weighted by atomic mass is 9.99. The minimum absolute atomic E-state index is 0.0550. The molecule has 1 saturated heterocycles. The van der Waals surface area contributed by atoms with Crippen molar-refractivity contribution in [2.24, 2.45) is 11.1 Å². The number of carbonyl (C=O) groups is 2. The van der Waals surface area contributed by atoms with Gasteiger partial charge in [0.05, 0.1) is 17.9 Å². The van der Waals surface area contributed by atoms with Gasteiger partial charge in [0, 0.05) is 19.5 Å². The van der Waals surface area contributed by atoms with Gasteiger partial charge in [-0.1, -0.05) is 30.3 Å². The molecular weight excluding hydrogens is 408 g/mol. The molecule has 1 amide bonds. The number of piperidine rings is 1. The Morgan fingerprint density at radius 3 is 2.75 bits per heavy atom. The van der Waals surface area contributed by atoms with Crippen molar-refractivity contribution in [2.45, 2.75) is 45.4 Å². The molecule has 0 radical (unpaired) electrons. The average Bonchev–Trinajstić information content (AvgIpc) is 2.77. The van der Waals surface area contributed by atoms with E-state index in [2.05, 4.69) is 18.2 Å². The minimum Gasteiger partial charge on any atom is -0.508 e. The summed E-state index contributed by atoms with van der Waals surface area (Å²) in [6, 6.07) is 4.55. The summed E-state index contributed by atoms with van der Waals surface area (Å²) < 4.78 is 5.36. The van der Waals surface area contributed by atoms with Crippen molar-refractivity contribution in [1.82, 2.24) is 4.90 Å². The lowest BCUT2D eigenvalue weighted by Gasteiger charge is -2.29. The maximum atomic E-state index is 12.5. The molecule has 7 nitrogen and oxygen atoms in total. The highest BCUT2D eigenvalue weighted by Crippen LogP contribution is 2.20. The average molecular weight is 441 g/mol. The number of ether oxygens (including phenoxy) is 1. The van der Waals surface area contributed by atoms with Gasteiger partial charge < -0.3 is 19.6 Å². The number of amides is 1. The largest absolute Gasteiger partial charge is 0.508 e. The van der Waals surface area contributed by atoms with Gasteiger partial charge >= 0.3 is 5.97 Å². The molecule has 32 heavy (non-hydrogen) atoms. The maximum absolute atomic E-state index is 12.5. The fraction of sp³-hybridized carbons (Fsp3) is 0.480. The lowest BCUT2D eigenvalue weighted by Crippen LogP contribution is -2.39. The predicted octanol–water partition coefficient (Wildman–Crippen LogP) is 4.02. The SMILES string of the molecule is CC1CCN(C(=O)CO/N=C2/C=C/CC/C=C/CCOC(=O)c3ccc(O)cc3C2)CC1. The summed E-state index contributed by atoms with van der Waals surface area (Å²) in [5.74, 6) is 0.189. The molecule has 0 aromatic heterocycles. The Kier molecular flexibility index (Phi) is 8.90. The highest BCUT2D eigenvalue weighted by molar-refractivity contribution is 5.99. The number of esters is 1. The molecular formula is C25H32N2O5. The first-order chi connectivity index (χ1) is 15.5. The number of fused-ring (bicyclic) bond motifs is 1. The van der Waals surface area contributed by atoms with E-state index >= 15 is 0 Å². The highest BCUT2D eigenvalue weighted by Gasteiger charge is 2.20. The Morgan fingerprint density at radius 1 is 1.19 bits per heavy atom. The van der Waals surface area contributed by atoms with E-state index in [9.17, 15) is 14.7 Å². The number of rotatable bonds is 3. The Morgan fingerprint density at radius 2 is 1.94 bits per heavy atom. The number of aromatic hydroxyl groups is 1. The molecule has 2 aliphatic rings. The normalized spacial score (nSPS) is 21.8. The van der Waals surface area contributed by atoms with Gasteiger partial charge in [-0.05, 0) is 67.9 Å². The van der Waals surface area contributed by atoms with Gasteiger partial charge in [-0.2, -0.15) is 0 Å². The van der Waals surface area contributed by atoms with Crippen LogP contribution in [0.15, 0.2) is 47.7 Å². The molecule has 2 aliphatic heterocycles. The smallest absolute Gasteiger partial charge is 0.338 e. The number of phenolic OH excluding ortho intramolecular Hbond substituents is 1. The Balaban J connectivity index is 1.73. The second-order valence-corrected chi connectivity index (χ2v) is 8.31. The number of benzene rings is 1. The number of allylic oxidation sites excluding steroid dienone is 3. The van der Waals surface area contributed by atoms with Crippen LogP contribution in [0.3, 0.4) is 0 Å². The molecule has 0 aliphatic carbocycles. The van der Waals surface area contributed by atoms with Crippen molar-refractivity contribution in [3.8, 4) is 5.75 Å². The number of hydrogen-bond acceptors (Lipinski definition) is 6. The third-order valence-electron chi connectivity index (χ3n) is 5.68. The number of oxime groups is 1. The van der Waals surface area contributed by atoms with Crippen molar-refractivity contribution in [3.63, 3.8) is 0 Å². The molecule has 7 heteroatoms. The summed E-state index contributed by atoms with van der Waals surface area (Å²) in [7, 11) is 0. The van der Waals surface area contributed by atoms with Crippen molar-refractivity contribution < 1.29 is 24.3 Å². The van der Waals surface area contributed by atoms with Crippen LogP contribution in [0.5, 0.6) is 5.75 Å². The first-order valence-corrected chi connectivity index (χ1v) is 11.3. The van der Waals surface area contributed by atoms with Crippen LogP contribution < -0.4 is 0 Å². The van der Waals surface area contributed by atoms with Crippen molar-refractivity contribution in [1.29, 1.82) is 0 Å². The van der Waals surface area contributed by atoms with Crippen LogP contribution >= 0.6 is 0 Å². The zero-order valence-electron chi connectivity index (χ0n) is 18.7. The molecule has 1 aromatic carbocycles. The first-order valence-electron chi connectivity index (χ1n) is 11.3. The van der Waals surface area contributed by atoms with E-state index in [-0.39, 0.29) is 24.7 Å². The maximum Gasteiger partial charge on any atom is 0.338 e. The minimum atomic E-state index is -0.441. The molecule has 0 bridgehead atoms. The number of nitrogens with zero attached hydrogens (tertiary/aromatic N) is 2. The van der Waals surface area contributed by atoms with Crippen LogP contribution in [-0.2, 0) is 20.8 Å². The Labute approximate surface area is 189 Å². The van der Waals surface area contributed by atoms with Crippen LogP contribution in [-0.4, -0.2) is 53.9 Å². The molecule has 2 heterocycles. The summed E-state index contributed by atoms with van der Waals surface area (Å²) in [6.07, 6.45) is 12.5. The Bertz CT molecular complexity index is 882. The molecule has 0 unspecified atom stereocenters. The molecule has 1 fully saturated rings. The number of hydrogen-bond donors (Lipinski definition) is 1. The Hall–Kier alpha value is -3.09. The first kappa shape index (κ1) is 23.6. The van der Waals surface area contributed by atoms with Gasteiger partial charge in [-0.15, -0.1) is 0 Å². The second kappa shape index (κ2) is 12.1. The number of cyclic esters (lactones) is 1. The van der Waals surface area contributed by atoms with E-state index in [1.54, 1.807) is 6.07 Å². The highest BCUT2D eigenvalue weighted by atomic mass is 16.6. The van der Waals surface area contributed by atoms with E-state index in [4.69, 9.17) is 9.57 Å². The molecule has 0 saturated carbocycles. The topological polar surface area (TPSA) is 88.4 Å².